The van der Waals surface area contributed by atoms with Gasteiger partial charge in [0.1, 0.15) is 0 Å². The summed E-state index contributed by atoms with van der Waals surface area (Å²) in [4.78, 5) is 28.7. The predicted molar refractivity (Wildman–Crippen MR) is 168 cm³/mol. The maximum atomic E-state index is 11.8. The van der Waals surface area contributed by atoms with E-state index in [2.05, 4.69) is 53.2 Å². The van der Waals surface area contributed by atoms with E-state index in [1.165, 1.54) is 6.08 Å². The third-order valence-electron chi connectivity index (χ3n) is 7.75. The molecule has 1 fully saturated rings. The van der Waals surface area contributed by atoms with Crippen LogP contribution in [-0.2, 0) is 11.3 Å². The lowest BCUT2D eigenvalue weighted by Gasteiger charge is -2.30. The first-order valence-electron chi connectivity index (χ1n) is 14.3. The highest BCUT2D eigenvalue weighted by atomic mass is 16.1. The molecule has 4 N–H and O–H groups in total. The largest absolute Gasteiger partial charge is 0.350 e. The number of rotatable bonds is 8. The van der Waals surface area contributed by atoms with Crippen LogP contribution in [0.1, 0.15) is 43.7 Å². The number of fused-ring (bicyclic) bond motifs is 2. The standard InChI is InChI=1S/C32H35N9O/c1-4-28(42)37-24-9-10-26-21(17-24)11-14-34-29(26)25-8-6-5-7-22(25)18-35-31-39-32(40-15-12-23(33)13-16-40)38-30-27(20(2)3)19-36-41(30)31/h4-11,14,17,19-20,23H,1,12-13,15-16,18,33H2,2-3H3,(H,37,42)(H,35,38,39). The van der Waals surface area contributed by atoms with Crippen molar-refractivity contribution in [3.8, 4) is 11.3 Å². The average molecular weight is 562 g/mol. The number of aromatic nitrogens is 5. The summed E-state index contributed by atoms with van der Waals surface area (Å²) in [6, 6.07) is 16.2. The van der Waals surface area contributed by atoms with E-state index >= 15 is 0 Å². The Labute approximate surface area is 244 Å². The third-order valence-corrected chi connectivity index (χ3v) is 7.75. The van der Waals surface area contributed by atoms with Crippen molar-refractivity contribution < 1.29 is 4.79 Å². The van der Waals surface area contributed by atoms with Crippen LogP contribution in [0.3, 0.4) is 0 Å². The van der Waals surface area contributed by atoms with Crippen LogP contribution in [-0.4, -0.2) is 49.6 Å². The fourth-order valence-corrected chi connectivity index (χ4v) is 5.39. The van der Waals surface area contributed by atoms with Crippen LogP contribution in [0.2, 0.25) is 0 Å². The summed E-state index contributed by atoms with van der Waals surface area (Å²) in [6.07, 6.45) is 6.77. The third kappa shape index (κ3) is 5.40. The number of pyridine rings is 1. The highest BCUT2D eigenvalue weighted by molar-refractivity contribution is 6.02. The van der Waals surface area contributed by atoms with Gasteiger partial charge in [-0.3, -0.25) is 9.78 Å². The van der Waals surface area contributed by atoms with Crippen LogP contribution < -0.4 is 21.3 Å². The zero-order valence-corrected chi connectivity index (χ0v) is 23.9. The first-order chi connectivity index (χ1) is 20.4. The zero-order chi connectivity index (χ0) is 29.2. The quantitative estimate of drug-likeness (QED) is 0.223. The average Bonchev–Trinajstić information content (AvgIpc) is 3.44. The molecule has 1 saturated heterocycles. The van der Waals surface area contributed by atoms with Gasteiger partial charge in [0, 0.05) is 54.1 Å². The molecule has 4 heterocycles. The maximum absolute atomic E-state index is 11.8. The lowest BCUT2D eigenvalue weighted by Crippen LogP contribution is -2.40. The van der Waals surface area contributed by atoms with Crippen LogP contribution in [0.4, 0.5) is 17.6 Å². The van der Waals surface area contributed by atoms with E-state index in [1.54, 1.807) is 10.7 Å². The van der Waals surface area contributed by atoms with Gasteiger partial charge in [-0.2, -0.15) is 19.6 Å². The number of piperidine rings is 1. The van der Waals surface area contributed by atoms with Gasteiger partial charge in [0.05, 0.1) is 11.9 Å². The number of carbonyl (C=O) groups is 1. The lowest BCUT2D eigenvalue weighted by molar-refractivity contribution is -0.111. The minimum absolute atomic E-state index is 0.223. The normalized spacial score (nSPS) is 14.0. The predicted octanol–water partition coefficient (Wildman–Crippen LogP) is 5.13. The lowest BCUT2D eigenvalue weighted by atomic mass is 9.99. The SMILES string of the molecule is C=CC(=O)Nc1ccc2c(-c3ccccc3CNc3nc(N4CCC(N)CC4)nc4c(C(C)C)cnn34)nccc2c1. The number of nitrogens with one attached hydrogen (secondary N) is 2. The second-order valence-electron chi connectivity index (χ2n) is 11.0. The number of amides is 1. The van der Waals surface area contributed by atoms with Crippen molar-refractivity contribution in [1.82, 2.24) is 24.6 Å². The molecular formula is C32H35N9O. The van der Waals surface area contributed by atoms with Gasteiger partial charge >= 0.3 is 0 Å². The van der Waals surface area contributed by atoms with Crippen LogP contribution in [0.15, 0.2) is 73.6 Å². The monoisotopic (exact) mass is 561 g/mol. The smallest absolute Gasteiger partial charge is 0.247 e. The van der Waals surface area contributed by atoms with Gasteiger partial charge < -0.3 is 21.3 Å². The van der Waals surface area contributed by atoms with Crippen molar-refractivity contribution >= 4 is 39.9 Å². The van der Waals surface area contributed by atoms with Crippen LogP contribution in [0.5, 0.6) is 0 Å². The number of carbonyl (C=O) groups excluding carboxylic acids is 1. The topological polar surface area (TPSA) is 126 Å². The molecule has 5 aromatic rings. The molecule has 0 bridgehead atoms. The molecule has 1 amide bonds. The van der Waals surface area contributed by atoms with Crippen molar-refractivity contribution in [3.05, 3.63) is 84.7 Å². The summed E-state index contributed by atoms with van der Waals surface area (Å²) < 4.78 is 1.80. The minimum Gasteiger partial charge on any atom is -0.350 e. The summed E-state index contributed by atoms with van der Waals surface area (Å²) in [6.45, 7) is 10.00. The Kier molecular flexibility index (Phi) is 7.54. The van der Waals surface area contributed by atoms with E-state index in [4.69, 9.17) is 20.7 Å². The van der Waals surface area contributed by atoms with E-state index in [1.807, 2.05) is 42.6 Å². The summed E-state index contributed by atoms with van der Waals surface area (Å²) in [5.41, 5.74) is 11.7. The van der Waals surface area contributed by atoms with Gasteiger partial charge in [-0.1, -0.05) is 50.8 Å². The van der Waals surface area contributed by atoms with E-state index in [0.29, 0.717) is 24.1 Å². The summed E-state index contributed by atoms with van der Waals surface area (Å²) >= 11 is 0. The van der Waals surface area contributed by atoms with E-state index in [-0.39, 0.29) is 17.9 Å². The number of hydrogen-bond donors (Lipinski definition) is 3. The summed E-state index contributed by atoms with van der Waals surface area (Å²) in [5, 5.41) is 13.0. The first-order valence-corrected chi connectivity index (χ1v) is 14.3. The molecule has 0 saturated carbocycles. The van der Waals surface area contributed by atoms with Crippen LogP contribution in [0, 0.1) is 0 Å². The molecule has 2 aromatic carbocycles. The Balaban J connectivity index is 1.34. The highest BCUT2D eigenvalue weighted by Crippen LogP contribution is 2.31. The zero-order valence-electron chi connectivity index (χ0n) is 23.9. The van der Waals surface area contributed by atoms with Crippen molar-refractivity contribution in [3.63, 3.8) is 0 Å². The molecule has 214 valence electrons. The van der Waals surface area contributed by atoms with Gasteiger partial charge in [-0.25, -0.2) is 0 Å². The number of anilines is 3. The molecule has 0 atom stereocenters. The second kappa shape index (κ2) is 11.6. The summed E-state index contributed by atoms with van der Waals surface area (Å²) in [5.74, 6) is 1.36. The molecule has 0 radical (unpaired) electrons. The van der Waals surface area contributed by atoms with Gasteiger partial charge in [0.15, 0.2) is 5.65 Å². The van der Waals surface area contributed by atoms with Crippen molar-refractivity contribution in [1.29, 1.82) is 0 Å². The number of benzene rings is 2. The Morgan fingerprint density at radius 3 is 2.74 bits per heavy atom. The van der Waals surface area contributed by atoms with Crippen molar-refractivity contribution in [2.75, 3.05) is 28.6 Å². The summed E-state index contributed by atoms with van der Waals surface area (Å²) in [7, 11) is 0. The molecule has 1 aliphatic heterocycles. The Bertz CT molecular complexity index is 1770. The molecular weight excluding hydrogens is 526 g/mol. The molecule has 1 aliphatic rings. The minimum atomic E-state index is -0.247. The first kappa shape index (κ1) is 27.3. The molecule has 0 spiro atoms. The highest BCUT2D eigenvalue weighted by Gasteiger charge is 2.22. The molecule has 0 aliphatic carbocycles. The Morgan fingerprint density at radius 1 is 1.14 bits per heavy atom. The van der Waals surface area contributed by atoms with Gasteiger partial charge in [-0.15, -0.1) is 0 Å². The Hall–Kier alpha value is -4.83. The number of nitrogens with zero attached hydrogens (tertiary/aromatic N) is 6. The fourth-order valence-electron chi connectivity index (χ4n) is 5.39. The molecule has 6 rings (SSSR count). The molecule has 42 heavy (non-hydrogen) atoms. The molecule has 10 nitrogen and oxygen atoms in total. The second-order valence-corrected chi connectivity index (χ2v) is 11.0. The van der Waals surface area contributed by atoms with Crippen molar-refractivity contribution in [2.45, 2.75) is 45.2 Å². The van der Waals surface area contributed by atoms with Gasteiger partial charge in [0.2, 0.25) is 17.8 Å². The van der Waals surface area contributed by atoms with E-state index in [9.17, 15) is 4.79 Å². The van der Waals surface area contributed by atoms with Gasteiger partial charge in [0.25, 0.3) is 0 Å². The molecule has 10 heteroatoms. The maximum Gasteiger partial charge on any atom is 0.247 e. The number of hydrogen-bond acceptors (Lipinski definition) is 8. The van der Waals surface area contributed by atoms with E-state index in [0.717, 1.165) is 64.7 Å². The fraction of sp³-hybridized carbons (Fsp3) is 0.281. The van der Waals surface area contributed by atoms with Crippen LogP contribution in [0.25, 0.3) is 27.7 Å². The van der Waals surface area contributed by atoms with E-state index < -0.39 is 0 Å². The van der Waals surface area contributed by atoms with Gasteiger partial charge in [-0.05, 0) is 54.0 Å². The molecule has 3 aromatic heterocycles. The van der Waals surface area contributed by atoms with Crippen molar-refractivity contribution in [2.24, 2.45) is 5.73 Å². The van der Waals surface area contributed by atoms with Crippen LogP contribution >= 0.6 is 0 Å². The number of nitrogens with two attached hydrogens (primary N) is 1. The molecule has 0 unspecified atom stereocenters. The Morgan fingerprint density at radius 2 is 1.95 bits per heavy atom.